The molecule has 0 spiro atoms. The number of hydrogen-bond donors (Lipinski definition) is 2. The van der Waals surface area contributed by atoms with Gasteiger partial charge in [-0.1, -0.05) is 11.6 Å². The zero-order chi connectivity index (χ0) is 13.9. The molecule has 0 aliphatic carbocycles. The van der Waals surface area contributed by atoms with E-state index in [9.17, 15) is 9.59 Å². The average molecular weight is 270 g/mol. The molecular weight excluding hydrogens is 254 g/mol. The Kier molecular flexibility index (Phi) is 4.55. The van der Waals surface area contributed by atoms with Crippen molar-refractivity contribution in [2.24, 2.45) is 5.73 Å². The summed E-state index contributed by atoms with van der Waals surface area (Å²) in [4.78, 5) is 24.6. The lowest BCUT2D eigenvalue weighted by Crippen LogP contribution is -2.43. The van der Waals surface area contributed by atoms with Gasteiger partial charge in [0.15, 0.2) is 0 Å². The Labute approximate surface area is 111 Å². The van der Waals surface area contributed by atoms with Gasteiger partial charge >= 0.3 is 0 Å². The van der Waals surface area contributed by atoms with E-state index in [1.807, 2.05) is 0 Å². The highest BCUT2D eigenvalue weighted by atomic mass is 35.5. The molecule has 0 aliphatic rings. The molecule has 0 aliphatic heterocycles. The first-order chi connectivity index (χ1) is 8.32. The van der Waals surface area contributed by atoms with Crippen LogP contribution in [0.2, 0.25) is 5.02 Å². The summed E-state index contributed by atoms with van der Waals surface area (Å²) in [6, 6.07) is 4.47. The van der Waals surface area contributed by atoms with E-state index in [4.69, 9.17) is 23.1 Å². The first-order valence-electron chi connectivity index (χ1n) is 5.47. The fourth-order valence-electron chi connectivity index (χ4n) is 1.53. The predicted molar refractivity (Wildman–Crippen MR) is 71.2 cm³/mol. The zero-order valence-electron chi connectivity index (χ0n) is 10.3. The SMILES string of the molecule is CC(C)N(CC(N)=O)C(=O)c1cc(Cl)ccc1N. The van der Waals surface area contributed by atoms with Crippen LogP contribution in [0.3, 0.4) is 0 Å². The fourth-order valence-corrected chi connectivity index (χ4v) is 1.70. The maximum atomic E-state index is 12.3. The Hall–Kier alpha value is -1.75. The molecule has 1 aromatic rings. The Bertz CT molecular complexity index is 474. The van der Waals surface area contributed by atoms with Crippen LogP contribution in [-0.4, -0.2) is 29.3 Å². The van der Waals surface area contributed by atoms with E-state index >= 15 is 0 Å². The van der Waals surface area contributed by atoms with E-state index in [0.717, 1.165) is 0 Å². The molecule has 2 amide bonds. The number of amides is 2. The van der Waals surface area contributed by atoms with Crippen molar-refractivity contribution in [2.45, 2.75) is 19.9 Å². The molecule has 0 heterocycles. The van der Waals surface area contributed by atoms with E-state index in [0.29, 0.717) is 10.7 Å². The van der Waals surface area contributed by atoms with E-state index in [-0.39, 0.29) is 24.1 Å². The number of halogens is 1. The molecule has 4 N–H and O–H groups in total. The Morgan fingerprint density at radius 2 is 2.00 bits per heavy atom. The van der Waals surface area contributed by atoms with E-state index in [1.54, 1.807) is 26.0 Å². The van der Waals surface area contributed by atoms with Crippen molar-refractivity contribution >= 4 is 29.1 Å². The van der Waals surface area contributed by atoms with E-state index < -0.39 is 5.91 Å². The number of nitrogens with zero attached hydrogens (tertiary/aromatic N) is 1. The molecule has 0 radical (unpaired) electrons. The predicted octanol–water partition coefficient (Wildman–Crippen LogP) is 1.26. The van der Waals surface area contributed by atoms with Crippen LogP contribution in [0.5, 0.6) is 0 Å². The van der Waals surface area contributed by atoms with Gasteiger partial charge in [-0.3, -0.25) is 9.59 Å². The minimum Gasteiger partial charge on any atom is -0.398 e. The molecule has 1 rings (SSSR count). The van der Waals surface area contributed by atoms with Gasteiger partial charge in [0.25, 0.3) is 5.91 Å². The lowest BCUT2D eigenvalue weighted by Gasteiger charge is -2.26. The zero-order valence-corrected chi connectivity index (χ0v) is 11.1. The number of carbonyl (C=O) groups excluding carboxylic acids is 2. The third-order valence-electron chi connectivity index (χ3n) is 2.46. The quantitative estimate of drug-likeness (QED) is 0.807. The summed E-state index contributed by atoms with van der Waals surface area (Å²) in [5.41, 5.74) is 11.5. The molecule has 1 aromatic carbocycles. The maximum Gasteiger partial charge on any atom is 0.256 e. The van der Waals surface area contributed by atoms with Gasteiger partial charge in [0.2, 0.25) is 5.91 Å². The topological polar surface area (TPSA) is 89.4 Å². The van der Waals surface area contributed by atoms with Gasteiger partial charge in [-0.2, -0.15) is 0 Å². The summed E-state index contributed by atoms with van der Waals surface area (Å²) in [5, 5.41) is 0.412. The second-order valence-electron chi connectivity index (χ2n) is 4.22. The van der Waals surface area contributed by atoms with Crippen LogP contribution < -0.4 is 11.5 Å². The van der Waals surface area contributed by atoms with Gasteiger partial charge in [-0.05, 0) is 32.0 Å². The maximum absolute atomic E-state index is 12.3. The third-order valence-corrected chi connectivity index (χ3v) is 2.69. The summed E-state index contributed by atoms with van der Waals surface area (Å²) in [7, 11) is 0. The molecule has 0 atom stereocenters. The van der Waals surface area contributed by atoms with Crippen LogP contribution in [0.25, 0.3) is 0 Å². The van der Waals surface area contributed by atoms with Crippen LogP contribution in [-0.2, 0) is 4.79 Å². The average Bonchev–Trinajstić information content (AvgIpc) is 2.27. The molecule has 0 bridgehead atoms. The number of primary amides is 1. The lowest BCUT2D eigenvalue weighted by atomic mass is 10.1. The summed E-state index contributed by atoms with van der Waals surface area (Å²) in [5.74, 6) is -0.929. The normalized spacial score (nSPS) is 10.4. The van der Waals surface area contributed by atoms with Crippen LogP contribution >= 0.6 is 11.6 Å². The summed E-state index contributed by atoms with van der Waals surface area (Å²) < 4.78 is 0. The molecule has 0 saturated carbocycles. The van der Waals surface area contributed by atoms with E-state index in [1.165, 1.54) is 11.0 Å². The highest BCUT2D eigenvalue weighted by Gasteiger charge is 2.22. The molecular formula is C12H16ClN3O2. The molecule has 0 unspecified atom stereocenters. The van der Waals surface area contributed by atoms with Crippen molar-refractivity contribution in [2.75, 3.05) is 12.3 Å². The molecule has 0 fully saturated rings. The van der Waals surface area contributed by atoms with Gasteiger partial charge < -0.3 is 16.4 Å². The van der Waals surface area contributed by atoms with Crippen molar-refractivity contribution in [1.82, 2.24) is 4.90 Å². The molecule has 0 aromatic heterocycles. The standard InChI is InChI=1S/C12H16ClN3O2/c1-7(2)16(6-11(15)17)12(18)9-5-8(13)3-4-10(9)14/h3-5,7H,6,14H2,1-2H3,(H2,15,17). The Balaban J connectivity index is 3.09. The van der Waals surface area contributed by atoms with Crippen LogP contribution in [0, 0.1) is 0 Å². The van der Waals surface area contributed by atoms with Crippen LogP contribution in [0.1, 0.15) is 24.2 Å². The number of benzene rings is 1. The summed E-state index contributed by atoms with van der Waals surface area (Å²) in [6.07, 6.45) is 0. The number of nitrogen functional groups attached to an aromatic ring is 1. The first kappa shape index (κ1) is 14.3. The highest BCUT2D eigenvalue weighted by Crippen LogP contribution is 2.20. The van der Waals surface area contributed by atoms with Crippen LogP contribution in [0.4, 0.5) is 5.69 Å². The van der Waals surface area contributed by atoms with Crippen molar-refractivity contribution in [3.05, 3.63) is 28.8 Å². The van der Waals surface area contributed by atoms with Crippen molar-refractivity contribution in [3.8, 4) is 0 Å². The molecule has 18 heavy (non-hydrogen) atoms. The monoisotopic (exact) mass is 269 g/mol. The van der Waals surface area contributed by atoms with Crippen LogP contribution in [0.15, 0.2) is 18.2 Å². The van der Waals surface area contributed by atoms with Gasteiger partial charge in [0.1, 0.15) is 0 Å². The second-order valence-corrected chi connectivity index (χ2v) is 4.66. The fraction of sp³-hybridized carbons (Fsp3) is 0.333. The van der Waals surface area contributed by atoms with Crippen molar-refractivity contribution < 1.29 is 9.59 Å². The molecule has 6 heteroatoms. The lowest BCUT2D eigenvalue weighted by molar-refractivity contribution is -0.119. The van der Waals surface area contributed by atoms with Gasteiger partial charge in [0.05, 0.1) is 12.1 Å². The van der Waals surface area contributed by atoms with Gasteiger partial charge in [0, 0.05) is 16.8 Å². The molecule has 98 valence electrons. The smallest absolute Gasteiger partial charge is 0.256 e. The number of nitrogens with two attached hydrogens (primary N) is 2. The molecule has 0 saturated heterocycles. The molecule has 5 nitrogen and oxygen atoms in total. The highest BCUT2D eigenvalue weighted by molar-refractivity contribution is 6.31. The second kappa shape index (κ2) is 5.73. The minimum absolute atomic E-state index is 0.150. The van der Waals surface area contributed by atoms with Gasteiger partial charge in [-0.15, -0.1) is 0 Å². The Morgan fingerprint density at radius 3 is 2.50 bits per heavy atom. The third kappa shape index (κ3) is 3.37. The number of anilines is 1. The largest absolute Gasteiger partial charge is 0.398 e. The number of rotatable bonds is 4. The van der Waals surface area contributed by atoms with Crippen molar-refractivity contribution in [1.29, 1.82) is 0 Å². The van der Waals surface area contributed by atoms with Gasteiger partial charge in [-0.25, -0.2) is 0 Å². The number of carbonyl (C=O) groups is 2. The summed E-state index contributed by atoms with van der Waals surface area (Å²) in [6.45, 7) is 3.44. The van der Waals surface area contributed by atoms with E-state index in [2.05, 4.69) is 0 Å². The van der Waals surface area contributed by atoms with Crippen molar-refractivity contribution in [3.63, 3.8) is 0 Å². The Morgan fingerprint density at radius 1 is 1.39 bits per heavy atom. The minimum atomic E-state index is -0.572. The summed E-state index contributed by atoms with van der Waals surface area (Å²) >= 11 is 5.83. The first-order valence-corrected chi connectivity index (χ1v) is 5.85. The number of hydrogen-bond acceptors (Lipinski definition) is 3.